The fourth-order valence-electron chi connectivity index (χ4n) is 6.91. The van der Waals surface area contributed by atoms with Crippen molar-refractivity contribution in [3.05, 3.63) is 63.5 Å². The van der Waals surface area contributed by atoms with Crippen molar-refractivity contribution < 1.29 is 9.53 Å². The Morgan fingerprint density at radius 2 is 1.53 bits per heavy atom. The maximum Gasteiger partial charge on any atom is 0.195 e. The number of benzene rings is 1. The number of methoxy groups -OCH3 is 1. The largest absolute Gasteiger partial charge is 0.377 e. The van der Waals surface area contributed by atoms with Crippen LogP contribution < -0.4 is 0 Å². The molecule has 2 aromatic rings. The molecule has 5 rings (SSSR count). The number of carbonyl (C=O) groups is 1. The van der Waals surface area contributed by atoms with E-state index in [2.05, 4.69) is 32.9 Å². The zero-order valence-corrected chi connectivity index (χ0v) is 21.6. The van der Waals surface area contributed by atoms with Crippen molar-refractivity contribution in [3.63, 3.8) is 0 Å². The van der Waals surface area contributed by atoms with E-state index in [0.717, 1.165) is 42.5 Å². The highest BCUT2D eigenvalue weighted by atomic mass is 16.5. The molecular weight excluding hydrogens is 418 g/mol. The predicted molar refractivity (Wildman–Crippen MR) is 138 cm³/mol. The molecule has 0 bridgehead atoms. The van der Waals surface area contributed by atoms with Crippen LogP contribution in [0.4, 0.5) is 0 Å². The van der Waals surface area contributed by atoms with E-state index >= 15 is 0 Å². The number of fused-ring (bicyclic) bond motifs is 1. The number of ketones is 1. The van der Waals surface area contributed by atoms with Gasteiger partial charge in [-0.2, -0.15) is 0 Å². The van der Waals surface area contributed by atoms with Gasteiger partial charge in [0, 0.05) is 35.4 Å². The molecule has 3 nitrogen and oxygen atoms in total. The quantitative estimate of drug-likeness (QED) is 0.425. The first-order chi connectivity index (χ1) is 16.4. The normalized spacial score (nSPS) is 23.1. The molecule has 0 radical (unpaired) electrons. The Labute approximate surface area is 205 Å². The minimum atomic E-state index is 0.0189. The van der Waals surface area contributed by atoms with Gasteiger partial charge in [-0.15, -0.1) is 0 Å². The predicted octanol–water partition coefficient (Wildman–Crippen LogP) is 7.99. The standard InChI is InChI=1S/C31H41NO2/c1-20-14-16-23(17-15-20)30(33)28-26(21-10-6-5-7-11-21)27-24(18-31(2,3)19-25(27)34-4)32-29(28)22-12-8-9-13-22/h14-17,21-22,25H,5-13,18-19H2,1-4H3/t25-/m0/s1. The lowest BCUT2D eigenvalue weighted by Crippen LogP contribution is -2.32. The van der Waals surface area contributed by atoms with Gasteiger partial charge in [-0.3, -0.25) is 9.78 Å². The van der Waals surface area contributed by atoms with E-state index < -0.39 is 0 Å². The molecule has 1 aromatic carbocycles. The fraction of sp³-hybridized carbons (Fsp3) is 0.613. The molecule has 0 N–H and O–H groups in total. The Balaban J connectivity index is 1.77. The van der Waals surface area contributed by atoms with Crippen LogP contribution in [0.5, 0.6) is 0 Å². The van der Waals surface area contributed by atoms with Crippen LogP contribution in [-0.4, -0.2) is 17.9 Å². The second-order valence-electron chi connectivity index (χ2n) is 11.9. The average molecular weight is 460 g/mol. The minimum Gasteiger partial charge on any atom is -0.377 e. The molecule has 1 atom stereocenters. The second kappa shape index (κ2) is 9.57. The molecule has 0 saturated heterocycles. The molecule has 0 amide bonds. The van der Waals surface area contributed by atoms with Crippen LogP contribution in [0.15, 0.2) is 24.3 Å². The van der Waals surface area contributed by atoms with Crippen molar-refractivity contribution >= 4 is 5.78 Å². The molecule has 182 valence electrons. The summed E-state index contributed by atoms with van der Waals surface area (Å²) in [4.78, 5) is 19.7. The van der Waals surface area contributed by atoms with Gasteiger partial charge < -0.3 is 4.74 Å². The number of aromatic nitrogens is 1. The highest BCUT2D eigenvalue weighted by molar-refractivity contribution is 6.11. The molecule has 1 heterocycles. The number of hydrogen-bond donors (Lipinski definition) is 0. The molecule has 2 fully saturated rings. The first-order valence-corrected chi connectivity index (χ1v) is 13.6. The zero-order chi connectivity index (χ0) is 23.9. The molecule has 3 aliphatic carbocycles. The summed E-state index contributed by atoms with van der Waals surface area (Å²) in [6.07, 6.45) is 12.9. The van der Waals surface area contributed by atoms with Crippen molar-refractivity contribution in [2.24, 2.45) is 5.41 Å². The molecule has 2 saturated carbocycles. The van der Waals surface area contributed by atoms with Crippen molar-refractivity contribution in [2.45, 2.75) is 109 Å². The van der Waals surface area contributed by atoms with Gasteiger partial charge in [0.1, 0.15) is 0 Å². The van der Waals surface area contributed by atoms with Crippen molar-refractivity contribution in [2.75, 3.05) is 7.11 Å². The summed E-state index contributed by atoms with van der Waals surface area (Å²) in [7, 11) is 1.84. The number of ether oxygens (including phenoxy) is 1. The van der Waals surface area contributed by atoms with E-state index in [0.29, 0.717) is 11.8 Å². The van der Waals surface area contributed by atoms with E-state index in [1.807, 2.05) is 19.2 Å². The molecule has 0 unspecified atom stereocenters. The average Bonchev–Trinajstić information content (AvgIpc) is 3.37. The summed E-state index contributed by atoms with van der Waals surface area (Å²) in [5.41, 5.74) is 7.99. The van der Waals surface area contributed by atoms with E-state index in [-0.39, 0.29) is 17.3 Å². The summed E-state index contributed by atoms with van der Waals surface area (Å²) in [6, 6.07) is 8.15. The van der Waals surface area contributed by atoms with Crippen LogP contribution in [0.25, 0.3) is 0 Å². The van der Waals surface area contributed by atoms with Crippen molar-refractivity contribution in [1.29, 1.82) is 0 Å². The van der Waals surface area contributed by atoms with Crippen LogP contribution in [0, 0.1) is 12.3 Å². The number of pyridine rings is 1. The second-order valence-corrected chi connectivity index (χ2v) is 11.9. The molecule has 3 heteroatoms. The van der Waals surface area contributed by atoms with Crippen LogP contribution in [0.3, 0.4) is 0 Å². The molecule has 3 aliphatic rings. The topological polar surface area (TPSA) is 39.2 Å². The summed E-state index contributed by atoms with van der Waals surface area (Å²) < 4.78 is 6.15. The van der Waals surface area contributed by atoms with Crippen LogP contribution in [0.1, 0.15) is 140 Å². The van der Waals surface area contributed by atoms with Gasteiger partial charge >= 0.3 is 0 Å². The van der Waals surface area contributed by atoms with E-state index in [1.54, 1.807) is 0 Å². The Bertz CT molecular complexity index is 1040. The molecule has 34 heavy (non-hydrogen) atoms. The van der Waals surface area contributed by atoms with Crippen molar-refractivity contribution in [1.82, 2.24) is 4.98 Å². The van der Waals surface area contributed by atoms with Crippen LogP contribution in [0.2, 0.25) is 0 Å². The lowest BCUT2D eigenvalue weighted by atomic mass is 9.69. The van der Waals surface area contributed by atoms with Gasteiger partial charge in [0.25, 0.3) is 0 Å². The third kappa shape index (κ3) is 4.49. The third-order valence-corrected chi connectivity index (χ3v) is 8.67. The zero-order valence-electron chi connectivity index (χ0n) is 21.6. The fourth-order valence-corrected chi connectivity index (χ4v) is 6.91. The van der Waals surface area contributed by atoms with E-state index in [4.69, 9.17) is 9.72 Å². The van der Waals surface area contributed by atoms with Crippen LogP contribution >= 0.6 is 0 Å². The highest BCUT2D eigenvalue weighted by Gasteiger charge is 2.41. The summed E-state index contributed by atoms with van der Waals surface area (Å²) in [6.45, 7) is 6.76. The number of rotatable bonds is 5. The Hall–Kier alpha value is -2.00. The number of hydrogen-bond acceptors (Lipinski definition) is 3. The lowest BCUT2D eigenvalue weighted by Gasteiger charge is -2.40. The number of nitrogens with zero attached hydrogens (tertiary/aromatic N) is 1. The summed E-state index contributed by atoms with van der Waals surface area (Å²) >= 11 is 0. The molecule has 1 aromatic heterocycles. The maximum atomic E-state index is 14.3. The van der Waals surface area contributed by atoms with Gasteiger partial charge in [-0.25, -0.2) is 0 Å². The minimum absolute atomic E-state index is 0.0189. The smallest absolute Gasteiger partial charge is 0.195 e. The number of aryl methyl sites for hydroxylation is 1. The monoisotopic (exact) mass is 459 g/mol. The van der Waals surface area contributed by atoms with Gasteiger partial charge in [0.2, 0.25) is 0 Å². The van der Waals surface area contributed by atoms with Gasteiger partial charge in [-0.05, 0) is 62.3 Å². The van der Waals surface area contributed by atoms with Gasteiger partial charge in [0.15, 0.2) is 5.78 Å². The van der Waals surface area contributed by atoms with Crippen molar-refractivity contribution in [3.8, 4) is 0 Å². The lowest BCUT2D eigenvalue weighted by molar-refractivity contribution is 0.0477. The SMILES string of the molecule is CO[C@H]1CC(C)(C)Cc2nc(C3CCCC3)c(C(=O)c3ccc(C)cc3)c(C3CCCCC3)c21. The van der Waals surface area contributed by atoms with E-state index in [9.17, 15) is 4.79 Å². The Morgan fingerprint density at radius 1 is 0.912 bits per heavy atom. The first kappa shape index (κ1) is 23.7. The molecule has 0 spiro atoms. The molecule has 0 aliphatic heterocycles. The highest BCUT2D eigenvalue weighted by Crippen LogP contribution is 2.50. The molecular formula is C31H41NO2. The first-order valence-electron chi connectivity index (χ1n) is 13.6. The Kier molecular flexibility index (Phi) is 6.68. The summed E-state index contributed by atoms with van der Waals surface area (Å²) in [5, 5.41) is 0. The van der Waals surface area contributed by atoms with Gasteiger partial charge in [0.05, 0.1) is 11.8 Å². The maximum absolute atomic E-state index is 14.3. The third-order valence-electron chi connectivity index (χ3n) is 8.67. The van der Waals surface area contributed by atoms with E-state index in [1.165, 1.54) is 67.3 Å². The van der Waals surface area contributed by atoms with Crippen LogP contribution in [-0.2, 0) is 11.2 Å². The number of carbonyl (C=O) groups excluding carboxylic acids is 1. The Morgan fingerprint density at radius 3 is 2.18 bits per heavy atom. The summed E-state index contributed by atoms with van der Waals surface area (Å²) in [5.74, 6) is 1.02. The van der Waals surface area contributed by atoms with Gasteiger partial charge in [-0.1, -0.05) is 75.8 Å².